The van der Waals surface area contributed by atoms with E-state index >= 15 is 0 Å². The number of rotatable bonds is 11. The first-order chi connectivity index (χ1) is 16.2. The minimum absolute atomic E-state index is 0.0803. The number of carbonyl (C=O) groups is 2. The normalized spacial score (nSPS) is 11.7. The molecule has 1 amide bonds. The SMILES string of the molecule is CCC(C)c1cc([N+](=O)[O-])cc([N+](=O)[O-])c1OC(=O)OC(C)C.CNC(=O)CSP(=S)(OC)OC. The molecule has 1 N–H and O–H groups in total. The Morgan fingerprint density at radius 1 is 1.14 bits per heavy atom. The van der Waals surface area contributed by atoms with Crippen molar-refractivity contribution in [1.29, 1.82) is 0 Å². The molecule has 0 aliphatic carbocycles. The van der Waals surface area contributed by atoms with Crippen LogP contribution in [0.25, 0.3) is 0 Å². The van der Waals surface area contributed by atoms with E-state index in [4.69, 9.17) is 30.3 Å². The smallest absolute Gasteiger partial charge is 0.431 e. The van der Waals surface area contributed by atoms with Gasteiger partial charge in [0.25, 0.3) is 5.69 Å². The predicted molar refractivity (Wildman–Crippen MR) is 136 cm³/mol. The Balaban J connectivity index is 0.000000814. The highest BCUT2D eigenvalue weighted by Gasteiger charge is 2.29. The van der Waals surface area contributed by atoms with Crippen LogP contribution < -0.4 is 10.1 Å². The number of carbonyl (C=O) groups excluding carboxylic acids is 2. The first-order valence-corrected chi connectivity index (χ1v) is 14.4. The van der Waals surface area contributed by atoms with Crippen LogP contribution in [0.5, 0.6) is 5.75 Å². The average Bonchev–Trinajstić information content (AvgIpc) is 2.81. The van der Waals surface area contributed by atoms with Crippen molar-refractivity contribution < 1.29 is 38.0 Å². The Labute approximate surface area is 212 Å². The molecule has 0 aliphatic rings. The van der Waals surface area contributed by atoms with Crippen LogP contribution >= 0.6 is 17.1 Å². The van der Waals surface area contributed by atoms with Gasteiger partial charge >= 0.3 is 11.8 Å². The molecule has 0 aromatic heterocycles. The van der Waals surface area contributed by atoms with Crippen molar-refractivity contribution in [1.82, 2.24) is 5.32 Å². The lowest BCUT2D eigenvalue weighted by Crippen LogP contribution is -2.19. The van der Waals surface area contributed by atoms with Gasteiger partial charge < -0.3 is 23.8 Å². The van der Waals surface area contributed by atoms with Crippen LogP contribution in [0.4, 0.5) is 16.2 Å². The minimum atomic E-state index is -2.26. The van der Waals surface area contributed by atoms with Crippen LogP contribution in [-0.2, 0) is 30.4 Å². The third-order valence-electron chi connectivity index (χ3n) is 4.23. The van der Waals surface area contributed by atoms with E-state index < -0.39 is 39.2 Å². The molecule has 0 spiro atoms. The molecule has 1 aromatic carbocycles. The molecular weight excluding hydrogens is 525 g/mol. The maximum Gasteiger partial charge on any atom is 0.514 e. The monoisotopic (exact) mass is 555 g/mol. The molecule has 13 nitrogen and oxygen atoms in total. The molecule has 1 unspecified atom stereocenters. The molecule has 0 aliphatic heterocycles. The van der Waals surface area contributed by atoms with Crippen molar-refractivity contribution in [2.45, 2.75) is 46.1 Å². The summed E-state index contributed by atoms with van der Waals surface area (Å²) in [6.07, 6.45) is -1.01. The second-order valence-electron chi connectivity index (χ2n) is 6.98. The van der Waals surface area contributed by atoms with E-state index in [1.54, 1.807) is 27.8 Å². The fourth-order valence-electron chi connectivity index (χ4n) is 2.25. The quantitative estimate of drug-likeness (QED) is 0.129. The summed E-state index contributed by atoms with van der Waals surface area (Å²) in [7, 11) is 4.55. The zero-order valence-corrected chi connectivity index (χ0v) is 23.0. The topological polar surface area (TPSA) is 169 Å². The number of nitro groups is 2. The molecule has 16 heteroatoms. The van der Waals surface area contributed by atoms with Crippen LogP contribution in [-0.4, -0.2) is 55.0 Å². The van der Waals surface area contributed by atoms with Crippen molar-refractivity contribution in [3.63, 3.8) is 0 Å². The number of nitro benzene ring substituents is 2. The molecule has 0 saturated carbocycles. The number of nitrogens with one attached hydrogen (secondary N) is 1. The van der Waals surface area contributed by atoms with Gasteiger partial charge in [-0.15, -0.1) is 0 Å². The van der Waals surface area contributed by atoms with Gasteiger partial charge in [0.15, 0.2) is 0 Å². The van der Waals surface area contributed by atoms with Crippen molar-refractivity contribution in [2.24, 2.45) is 0 Å². The number of amides is 1. The molecule has 35 heavy (non-hydrogen) atoms. The van der Waals surface area contributed by atoms with Crippen molar-refractivity contribution in [3.8, 4) is 5.75 Å². The second kappa shape index (κ2) is 15.6. The van der Waals surface area contributed by atoms with Gasteiger partial charge in [0.05, 0.1) is 27.8 Å². The van der Waals surface area contributed by atoms with Crippen LogP contribution in [0.1, 0.15) is 45.6 Å². The van der Waals surface area contributed by atoms with Gasteiger partial charge in [0.2, 0.25) is 17.4 Å². The van der Waals surface area contributed by atoms with E-state index in [0.717, 1.165) is 6.07 Å². The number of hydrogen-bond donors (Lipinski definition) is 1. The van der Waals surface area contributed by atoms with Crippen LogP contribution in [0.2, 0.25) is 0 Å². The zero-order chi connectivity index (χ0) is 27.3. The van der Waals surface area contributed by atoms with E-state index in [2.05, 4.69) is 5.32 Å². The van der Waals surface area contributed by atoms with E-state index in [9.17, 15) is 29.8 Å². The summed E-state index contributed by atoms with van der Waals surface area (Å²) in [5.41, 5.74) is -3.12. The molecular formula is C19H30N3O10PS2. The molecule has 1 aromatic rings. The summed E-state index contributed by atoms with van der Waals surface area (Å²) in [6.45, 7) is 6.73. The maximum absolute atomic E-state index is 11.7. The first kappa shape index (κ1) is 32.7. The second-order valence-corrected chi connectivity index (χ2v) is 13.5. The number of hydrogen-bond acceptors (Lipinski definition) is 12. The first-order valence-electron chi connectivity index (χ1n) is 10.2. The van der Waals surface area contributed by atoms with E-state index in [0.29, 0.717) is 6.42 Å². The lowest BCUT2D eigenvalue weighted by atomic mass is 9.96. The van der Waals surface area contributed by atoms with E-state index in [1.807, 2.05) is 6.92 Å². The highest BCUT2D eigenvalue weighted by molar-refractivity contribution is 8.68. The summed E-state index contributed by atoms with van der Waals surface area (Å²) in [6, 6.07) is 1.95. The number of ether oxygens (including phenoxy) is 2. The van der Waals surface area contributed by atoms with Gasteiger partial charge in [0, 0.05) is 32.9 Å². The van der Waals surface area contributed by atoms with Gasteiger partial charge in [-0.3, -0.25) is 25.0 Å². The summed E-state index contributed by atoms with van der Waals surface area (Å²) in [5, 5.41) is 24.7. The largest absolute Gasteiger partial charge is 0.514 e. The molecule has 198 valence electrons. The Morgan fingerprint density at radius 3 is 2.11 bits per heavy atom. The van der Waals surface area contributed by atoms with Crippen LogP contribution in [0, 0.1) is 20.2 Å². The third-order valence-corrected chi connectivity index (χ3v) is 9.91. The van der Waals surface area contributed by atoms with Gasteiger partial charge in [0.1, 0.15) is 0 Å². The third kappa shape index (κ3) is 11.3. The predicted octanol–water partition coefficient (Wildman–Crippen LogP) is 4.92. The fourth-order valence-corrected chi connectivity index (χ4v) is 4.96. The summed E-state index contributed by atoms with van der Waals surface area (Å²) >= 11 is 6.25. The number of nitrogens with zero attached hydrogens (tertiary/aromatic N) is 2. The van der Waals surface area contributed by atoms with Gasteiger partial charge in [-0.2, -0.15) is 0 Å². The average molecular weight is 556 g/mol. The van der Waals surface area contributed by atoms with Crippen molar-refractivity contribution >= 4 is 52.3 Å². The number of benzene rings is 1. The summed E-state index contributed by atoms with van der Waals surface area (Å²) in [5.74, 6) is -0.408. The molecule has 1 atom stereocenters. The maximum atomic E-state index is 11.7. The Kier molecular flexibility index (Phi) is 14.6. The highest BCUT2D eigenvalue weighted by Crippen LogP contribution is 2.59. The Bertz CT molecular complexity index is 953. The zero-order valence-electron chi connectivity index (χ0n) is 20.5. The van der Waals surface area contributed by atoms with Crippen molar-refractivity contribution in [2.75, 3.05) is 27.0 Å². The standard InChI is InChI=1S/C14H18N2O7.C5H12NO3PS2/c1-5-9(4)11-6-10(15(18)19)7-12(16(20)21)13(11)23-14(17)22-8(2)3;1-6-5(7)4-12-10(11,8-2)9-3/h6-9H,5H2,1-4H3;4H2,1-3H3,(H,6,7). The molecule has 0 radical (unpaired) electrons. The Hall–Kier alpha value is -2.32. The molecule has 0 fully saturated rings. The van der Waals surface area contributed by atoms with Crippen molar-refractivity contribution in [3.05, 3.63) is 37.9 Å². The van der Waals surface area contributed by atoms with Crippen LogP contribution in [0.15, 0.2) is 12.1 Å². The molecule has 0 heterocycles. The van der Waals surface area contributed by atoms with Gasteiger partial charge in [-0.1, -0.05) is 25.2 Å². The summed E-state index contributed by atoms with van der Waals surface area (Å²) in [4.78, 5) is 43.1. The van der Waals surface area contributed by atoms with Crippen LogP contribution in [0.3, 0.4) is 0 Å². The lowest BCUT2D eigenvalue weighted by molar-refractivity contribution is -0.394. The molecule has 0 bridgehead atoms. The minimum Gasteiger partial charge on any atom is -0.431 e. The summed E-state index contributed by atoms with van der Waals surface area (Å²) < 4.78 is 19.7. The van der Waals surface area contributed by atoms with Gasteiger partial charge in [-0.05, 0) is 38.0 Å². The Morgan fingerprint density at radius 2 is 1.71 bits per heavy atom. The van der Waals surface area contributed by atoms with Gasteiger partial charge in [-0.25, -0.2) is 4.79 Å². The lowest BCUT2D eigenvalue weighted by Gasteiger charge is -2.15. The number of non-ortho nitro benzene ring substituents is 1. The highest BCUT2D eigenvalue weighted by atomic mass is 32.9. The molecule has 1 rings (SSSR count). The van der Waals surface area contributed by atoms with E-state index in [1.165, 1.54) is 31.7 Å². The van der Waals surface area contributed by atoms with E-state index in [-0.39, 0.29) is 28.9 Å². The fraction of sp³-hybridized carbons (Fsp3) is 0.579. The molecule has 0 saturated heterocycles.